The molecule has 1 heterocycles. The summed E-state index contributed by atoms with van der Waals surface area (Å²) in [6.07, 6.45) is 5.14. The predicted molar refractivity (Wildman–Crippen MR) is 67.0 cm³/mol. The molecule has 1 atom stereocenters. The topological polar surface area (TPSA) is 32.3 Å². The number of carbonyl (C=O) groups is 1. The molecule has 0 saturated carbocycles. The summed E-state index contributed by atoms with van der Waals surface area (Å²) >= 11 is 0. The fourth-order valence-corrected chi connectivity index (χ4v) is 2.11. The van der Waals surface area contributed by atoms with Crippen molar-refractivity contribution in [2.24, 2.45) is 5.41 Å². The zero-order valence-electron chi connectivity index (χ0n) is 10.8. The van der Waals surface area contributed by atoms with E-state index >= 15 is 0 Å². The van der Waals surface area contributed by atoms with Crippen molar-refractivity contribution in [3.05, 3.63) is 12.8 Å². The van der Waals surface area contributed by atoms with Crippen LogP contribution < -0.4 is 5.32 Å². The van der Waals surface area contributed by atoms with Crippen LogP contribution in [0.3, 0.4) is 0 Å². The molecule has 1 aliphatic heterocycles. The van der Waals surface area contributed by atoms with Crippen LogP contribution in [0.4, 0.5) is 0 Å². The van der Waals surface area contributed by atoms with Gasteiger partial charge in [0.15, 0.2) is 0 Å². The molecule has 0 bridgehead atoms. The van der Waals surface area contributed by atoms with Crippen molar-refractivity contribution in [1.29, 1.82) is 0 Å². The SMILES string of the molecule is C=CNC(C(=O)N1CCCCC1)C(C)(C)C. The van der Waals surface area contributed by atoms with Gasteiger partial charge in [-0.15, -0.1) is 0 Å². The summed E-state index contributed by atoms with van der Waals surface area (Å²) in [6.45, 7) is 11.7. The highest BCUT2D eigenvalue weighted by molar-refractivity contribution is 5.83. The first-order valence-corrected chi connectivity index (χ1v) is 6.12. The molecule has 0 aromatic carbocycles. The molecule has 1 fully saturated rings. The molecule has 3 heteroatoms. The van der Waals surface area contributed by atoms with Crippen molar-refractivity contribution in [1.82, 2.24) is 10.2 Å². The molecule has 16 heavy (non-hydrogen) atoms. The molecule has 0 spiro atoms. The number of rotatable bonds is 3. The Kier molecular flexibility index (Phi) is 4.39. The number of hydrogen-bond donors (Lipinski definition) is 1. The molecule has 0 aromatic heterocycles. The minimum absolute atomic E-state index is 0.0806. The highest BCUT2D eigenvalue weighted by Crippen LogP contribution is 2.22. The molecule has 1 amide bonds. The third-order valence-electron chi connectivity index (χ3n) is 3.07. The molecule has 1 rings (SSSR count). The van der Waals surface area contributed by atoms with E-state index in [1.165, 1.54) is 6.42 Å². The third kappa shape index (κ3) is 3.26. The van der Waals surface area contributed by atoms with Crippen LogP contribution >= 0.6 is 0 Å². The Morgan fingerprint density at radius 1 is 1.31 bits per heavy atom. The minimum atomic E-state index is -0.164. The minimum Gasteiger partial charge on any atom is -0.380 e. The van der Waals surface area contributed by atoms with Gasteiger partial charge in [-0.25, -0.2) is 0 Å². The van der Waals surface area contributed by atoms with Gasteiger partial charge < -0.3 is 10.2 Å². The highest BCUT2D eigenvalue weighted by Gasteiger charge is 2.33. The van der Waals surface area contributed by atoms with Gasteiger partial charge in [-0.3, -0.25) is 4.79 Å². The second-order valence-corrected chi connectivity index (χ2v) is 5.56. The van der Waals surface area contributed by atoms with Crippen molar-refractivity contribution < 1.29 is 4.79 Å². The van der Waals surface area contributed by atoms with Crippen molar-refractivity contribution >= 4 is 5.91 Å². The molecule has 0 aromatic rings. The third-order valence-corrected chi connectivity index (χ3v) is 3.07. The van der Waals surface area contributed by atoms with E-state index in [4.69, 9.17) is 0 Å². The van der Waals surface area contributed by atoms with E-state index in [1.54, 1.807) is 6.20 Å². The normalized spacial score (nSPS) is 19.1. The van der Waals surface area contributed by atoms with E-state index in [0.29, 0.717) is 0 Å². The lowest BCUT2D eigenvalue weighted by molar-refractivity contribution is -0.136. The first-order valence-electron chi connectivity index (χ1n) is 6.12. The molecule has 0 radical (unpaired) electrons. The lowest BCUT2D eigenvalue weighted by Gasteiger charge is -2.36. The van der Waals surface area contributed by atoms with Crippen LogP contribution in [0.25, 0.3) is 0 Å². The van der Waals surface area contributed by atoms with Crippen molar-refractivity contribution in [3.63, 3.8) is 0 Å². The number of amides is 1. The van der Waals surface area contributed by atoms with Gasteiger partial charge in [0.1, 0.15) is 6.04 Å². The average molecular weight is 224 g/mol. The van der Waals surface area contributed by atoms with Crippen LogP contribution in [0.2, 0.25) is 0 Å². The first kappa shape index (κ1) is 13.1. The molecule has 1 saturated heterocycles. The molecule has 3 nitrogen and oxygen atoms in total. The second kappa shape index (κ2) is 5.37. The zero-order valence-corrected chi connectivity index (χ0v) is 10.8. The van der Waals surface area contributed by atoms with Gasteiger partial charge in [0, 0.05) is 13.1 Å². The van der Waals surface area contributed by atoms with Crippen molar-refractivity contribution in [2.45, 2.75) is 46.1 Å². The predicted octanol–water partition coefficient (Wildman–Crippen LogP) is 2.15. The molecule has 1 N–H and O–H groups in total. The van der Waals surface area contributed by atoms with E-state index in [9.17, 15) is 4.79 Å². The van der Waals surface area contributed by atoms with Gasteiger partial charge in [0.2, 0.25) is 5.91 Å². The lowest BCUT2D eigenvalue weighted by Crippen LogP contribution is -2.52. The maximum Gasteiger partial charge on any atom is 0.245 e. The van der Waals surface area contributed by atoms with E-state index in [0.717, 1.165) is 25.9 Å². The van der Waals surface area contributed by atoms with Gasteiger partial charge >= 0.3 is 0 Å². The van der Waals surface area contributed by atoms with E-state index in [-0.39, 0.29) is 17.4 Å². The van der Waals surface area contributed by atoms with Crippen molar-refractivity contribution in [3.8, 4) is 0 Å². The van der Waals surface area contributed by atoms with Gasteiger partial charge in [0.25, 0.3) is 0 Å². The fraction of sp³-hybridized carbons (Fsp3) is 0.769. The molecule has 1 aliphatic rings. The maximum atomic E-state index is 12.4. The number of nitrogens with one attached hydrogen (secondary N) is 1. The van der Waals surface area contributed by atoms with Crippen molar-refractivity contribution in [2.75, 3.05) is 13.1 Å². The Bertz CT molecular complexity index is 249. The number of hydrogen-bond acceptors (Lipinski definition) is 2. The Morgan fingerprint density at radius 3 is 2.31 bits per heavy atom. The Hall–Kier alpha value is -0.990. The highest BCUT2D eigenvalue weighted by atomic mass is 16.2. The summed E-state index contributed by atoms with van der Waals surface area (Å²) in [7, 11) is 0. The first-order chi connectivity index (χ1) is 7.46. The van der Waals surface area contributed by atoms with Crippen LogP contribution in [0.1, 0.15) is 40.0 Å². The Morgan fingerprint density at radius 2 is 1.88 bits per heavy atom. The molecular weight excluding hydrogens is 200 g/mol. The smallest absolute Gasteiger partial charge is 0.245 e. The summed E-state index contributed by atoms with van der Waals surface area (Å²) in [6, 6.07) is -0.164. The lowest BCUT2D eigenvalue weighted by atomic mass is 9.85. The zero-order chi connectivity index (χ0) is 12.2. The number of carbonyl (C=O) groups excluding carboxylic acids is 1. The molecule has 1 unspecified atom stereocenters. The van der Waals surface area contributed by atoms with Crippen LogP contribution in [-0.2, 0) is 4.79 Å². The van der Waals surface area contributed by atoms with E-state index in [2.05, 4.69) is 32.7 Å². The summed E-state index contributed by atoms with van der Waals surface area (Å²) in [5.74, 6) is 0.215. The molecular formula is C13H24N2O. The monoisotopic (exact) mass is 224 g/mol. The Balaban J connectivity index is 2.69. The van der Waals surface area contributed by atoms with Crippen LogP contribution in [-0.4, -0.2) is 29.9 Å². The van der Waals surface area contributed by atoms with E-state index in [1.807, 2.05) is 4.90 Å². The maximum absolute atomic E-state index is 12.4. The van der Waals surface area contributed by atoms with Crippen LogP contribution in [0, 0.1) is 5.41 Å². The van der Waals surface area contributed by atoms with Gasteiger partial charge in [0.05, 0.1) is 0 Å². The standard InChI is InChI=1S/C13H24N2O/c1-5-14-11(13(2,3)4)12(16)15-9-7-6-8-10-15/h5,11,14H,1,6-10H2,2-4H3. The number of piperidine rings is 1. The van der Waals surface area contributed by atoms with Crippen LogP contribution in [0.5, 0.6) is 0 Å². The Labute approximate surface area is 98.9 Å². The van der Waals surface area contributed by atoms with Crippen LogP contribution in [0.15, 0.2) is 12.8 Å². The van der Waals surface area contributed by atoms with E-state index < -0.39 is 0 Å². The molecule has 92 valence electrons. The van der Waals surface area contributed by atoms with Gasteiger partial charge in [-0.1, -0.05) is 27.4 Å². The summed E-state index contributed by atoms with van der Waals surface area (Å²) in [5, 5.41) is 3.09. The quantitative estimate of drug-likeness (QED) is 0.796. The number of nitrogens with zero attached hydrogens (tertiary/aromatic N) is 1. The number of likely N-dealkylation sites (tertiary alicyclic amines) is 1. The van der Waals surface area contributed by atoms with Gasteiger partial charge in [-0.05, 0) is 30.9 Å². The fourth-order valence-electron chi connectivity index (χ4n) is 2.11. The average Bonchev–Trinajstić information content (AvgIpc) is 2.25. The largest absolute Gasteiger partial charge is 0.380 e. The summed E-state index contributed by atoms with van der Waals surface area (Å²) < 4.78 is 0. The van der Waals surface area contributed by atoms with Gasteiger partial charge in [-0.2, -0.15) is 0 Å². The summed E-state index contributed by atoms with van der Waals surface area (Å²) in [5.41, 5.74) is -0.0806. The molecule has 0 aliphatic carbocycles. The second-order valence-electron chi connectivity index (χ2n) is 5.56. The summed E-state index contributed by atoms with van der Waals surface area (Å²) in [4.78, 5) is 14.3.